The number of benzene rings is 4. The van der Waals surface area contributed by atoms with Gasteiger partial charge in [0.1, 0.15) is 11.6 Å². The Bertz CT molecular complexity index is 1640. The Morgan fingerprint density at radius 2 is 1.38 bits per heavy atom. The molecule has 0 spiro atoms. The Hall–Kier alpha value is -3.52. The lowest BCUT2D eigenvalue weighted by atomic mass is 9.74. The highest BCUT2D eigenvalue weighted by molar-refractivity contribution is 5.73. The molecular weight excluding hydrogens is 422 g/mol. The van der Waals surface area contributed by atoms with Crippen molar-refractivity contribution in [3.63, 3.8) is 0 Å². The van der Waals surface area contributed by atoms with Crippen LogP contribution >= 0.6 is 0 Å². The first-order chi connectivity index (χ1) is 16.5. The average Bonchev–Trinajstić information content (AvgIpc) is 2.85. The van der Waals surface area contributed by atoms with Gasteiger partial charge in [-0.05, 0) is 86.9 Å². The van der Waals surface area contributed by atoms with Crippen molar-refractivity contribution in [1.82, 2.24) is 0 Å². The smallest absolute Gasteiger partial charge is 0.123 e. The zero-order valence-corrected chi connectivity index (χ0v) is 19.4. The van der Waals surface area contributed by atoms with Gasteiger partial charge < -0.3 is 0 Å². The molecule has 0 saturated heterocycles. The second-order valence-corrected chi connectivity index (χ2v) is 9.60. The SMILES string of the molecule is Cc1ccccc1C1=c2ccc3c(c2CCC1C)C(c1ccc(F)cc1)C(F)=c1ccccc1=3. The molecule has 2 aliphatic rings. The molecule has 168 valence electrons. The van der Waals surface area contributed by atoms with Crippen LogP contribution in [0.15, 0.2) is 84.9 Å². The zero-order chi connectivity index (χ0) is 23.4. The zero-order valence-electron chi connectivity index (χ0n) is 19.4. The Balaban J connectivity index is 1.78. The van der Waals surface area contributed by atoms with E-state index in [4.69, 9.17) is 0 Å². The molecule has 0 heterocycles. The molecule has 34 heavy (non-hydrogen) atoms. The molecule has 4 aromatic carbocycles. The molecule has 2 unspecified atom stereocenters. The summed E-state index contributed by atoms with van der Waals surface area (Å²) in [5.74, 6) is -0.577. The molecule has 0 nitrogen and oxygen atoms in total. The van der Waals surface area contributed by atoms with Crippen LogP contribution in [0.3, 0.4) is 0 Å². The summed E-state index contributed by atoms with van der Waals surface area (Å²) in [7, 11) is 0. The number of aryl methyl sites for hydroxylation is 1. The van der Waals surface area contributed by atoms with Crippen LogP contribution in [-0.4, -0.2) is 0 Å². The summed E-state index contributed by atoms with van der Waals surface area (Å²) in [6, 6.07) is 27.0. The van der Waals surface area contributed by atoms with Crippen molar-refractivity contribution >= 4 is 11.4 Å². The van der Waals surface area contributed by atoms with Crippen LogP contribution in [0.25, 0.3) is 11.4 Å². The number of halogens is 2. The molecule has 0 bridgehead atoms. The molecule has 6 rings (SSSR count). The lowest BCUT2D eigenvalue weighted by molar-refractivity contribution is 0.621. The molecule has 0 aliphatic heterocycles. The molecule has 0 N–H and O–H groups in total. The molecule has 0 fully saturated rings. The molecule has 2 atom stereocenters. The highest BCUT2D eigenvalue weighted by Gasteiger charge is 2.30. The van der Waals surface area contributed by atoms with Gasteiger partial charge in [0.15, 0.2) is 0 Å². The quantitative estimate of drug-likeness (QED) is 0.332. The van der Waals surface area contributed by atoms with E-state index in [9.17, 15) is 4.39 Å². The minimum Gasteiger partial charge on any atom is -0.210 e. The van der Waals surface area contributed by atoms with Gasteiger partial charge >= 0.3 is 0 Å². The van der Waals surface area contributed by atoms with E-state index in [0.717, 1.165) is 34.4 Å². The van der Waals surface area contributed by atoms with Crippen LogP contribution in [0.1, 0.15) is 47.1 Å². The highest BCUT2D eigenvalue weighted by Crippen LogP contribution is 2.40. The van der Waals surface area contributed by atoms with Crippen molar-refractivity contribution in [3.8, 4) is 0 Å². The predicted octanol–water partition coefficient (Wildman–Crippen LogP) is 6.43. The molecule has 2 heteroatoms. The van der Waals surface area contributed by atoms with E-state index in [2.05, 4.69) is 50.2 Å². The first-order valence-corrected chi connectivity index (χ1v) is 12.0. The summed E-state index contributed by atoms with van der Waals surface area (Å²) in [5.41, 5.74) is 6.94. The number of fused-ring (bicyclic) bond motifs is 4. The van der Waals surface area contributed by atoms with E-state index >= 15 is 4.39 Å². The van der Waals surface area contributed by atoms with E-state index in [1.54, 1.807) is 12.1 Å². The molecule has 0 saturated carbocycles. The third-order valence-corrected chi connectivity index (χ3v) is 7.62. The first kappa shape index (κ1) is 21.0. The fraction of sp³-hybridized carbons (Fsp3) is 0.188. The van der Waals surface area contributed by atoms with E-state index in [-0.39, 0.29) is 11.6 Å². The van der Waals surface area contributed by atoms with E-state index in [0.29, 0.717) is 11.1 Å². The van der Waals surface area contributed by atoms with Gasteiger partial charge in [0.05, 0.1) is 5.92 Å². The maximum absolute atomic E-state index is 16.3. The summed E-state index contributed by atoms with van der Waals surface area (Å²) < 4.78 is 30.0. The van der Waals surface area contributed by atoms with Crippen molar-refractivity contribution in [3.05, 3.63) is 139 Å². The average molecular weight is 449 g/mol. The molecule has 2 aliphatic carbocycles. The Morgan fingerprint density at radius 3 is 2.15 bits per heavy atom. The lowest BCUT2D eigenvalue weighted by Crippen LogP contribution is -2.29. The number of rotatable bonds is 2. The van der Waals surface area contributed by atoms with Gasteiger partial charge in [0, 0.05) is 5.22 Å². The van der Waals surface area contributed by atoms with Gasteiger partial charge in [0.2, 0.25) is 0 Å². The summed E-state index contributed by atoms with van der Waals surface area (Å²) in [6.07, 6.45) is 1.93. The van der Waals surface area contributed by atoms with Crippen LogP contribution in [0.5, 0.6) is 0 Å². The Labute approximate surface area is 198 Å². The van der Waals surface area contributed by atoms with E-state index < -0.39 is 5.92 Å². The Kier molecular flexibility index (Phi) is 4.99. The lowest BCUT2D eigenvalue weighted by Gasteiger charge is -2.30. The summed E-state index contributed by atoms with van der Waals surface area (Å²) >= 11 is 0. The van der Waals surface area contributed by atoms with E-state index in [1.165, 1.54) is 39.6 Å². The largest absolute Gasteiger partial charge is 0.210 e. The second kappa shape index (κ2) is 8.06. The van der Waals surface area contributed by atoms with Crippen LogP contribution in [0.4, 0.5) is 8.78 Å². The molecular formula is C32H26F2. The van der Waals surface area contributed by atoms with Gasteiger partial charge in [-0.2, -0.15) is 0 Å². The summed E-state index contributed by atoms with van der Waals surface area (Å²) in [5, 5.41) is 3.89. The normalized spacial score (nSPS) is 18.8. The maximum atomic E-state index is 16.3. The Morgan fingerprint density at radius 1 is 0.706 bits per heavy atom. The van der Waals surface area contributed by atoms with Crippen molar-refractivity contribution in [2.24, 2.45) is 5.92 Å². The summed E-state index contributed by atoms with van der Waals surface area (Å²) in [6.45, 7) is 4.45. The minimum absolute atomic E-state index is 0.154. The van der Waals surface area contributed by atoms with Gasteiger partial charge in [-0.3, -0.25) is 0 Å². The van der Waals surface area contributed by atoms with Crippen molar-refractivity contribution in [2.45, 2.75) is 32.6 Å². The van der Waals surface area contributed by atoms with Gasteiger partial charge in [-0.15, -0.1) is 0 Å². The van der Waals surface area contributed by atoms with Crippen molar-refractivity contribution < 1.29 is 8.78 Å². The third-order valence-electron chi connectivity index (χ3n) is 7.62. The van der Waals surface area contributed by atoms with Gasteiger partial charge in [-0.25, -0.2) is 8.78 Å². The van der Waals surface area contributed by atoms with Crippen LogP contribution in [-0.2, 0) is 6.42 Å². The maximum Gasteiger partial charge on any atom is 0.123 e. The van der Waals surface area contributed by atoms with Crippen LogP contribution in [0.2, 0.25) is 0 Å². The van der Waals surface area contributed by atoms with Crippen molar-refractivity contribution in [2.75, 3.05) is 0 Å². The fourth-order valence-corrected chi connectivity index (χ4v) is 5.98. The van der Waals surface area contributed by atoms with Gasteiger partial charge in [0.25, 0.3) is 0 Å². The number of hydrogen-bond donors (Lipinski definition) is 0. The number of hydrogen-bond acceptors (Lipinski definition) is 0. The predicted molar refractivity (Wildman–Crippen MR) is 134 cm³/mol. The summed E-state index contributed by atoms with van der Waals surface area (Å²) in [4.78, 5) is 0. The standard InChI is InChI=1S/C32H26F2/c1-19-7-3-4-8-23(19)29-20(2)11-16-27-26(29)18-17-25-24-9-5-6-10-28(24)32(34)30(31(25)27)21-12-14-22(33)15-13-21/h3-10,12-15,17-18,20,30H,11,16H2,1-2H3. The van der Waals surface area contributed by atoms with Crippen LogP contribution < -0.4 is 10.4 Å². The first-order valence-electron chi connectivity index (χ1n) is 12.0. The molecule has 0 radical (unpaired) electrons. The fourth-order valence-electron chi connectivity index (χ4n) is 5.98. The van der Waals surface area contributed by atoms with Gasteiger partial charge in [-0.1, -0.05) is 79.7 Å². The van der Waals surface area contributed by atoms with Crippen molar-refractivity contribution in [1.29, 1.82) is 0 Å². The topological polar surface area (TPSA) is 0 Å². The molecule has 0 amide bonds. The molecule has 4 aromatic rings. The second-order valence-electron chi connectivity index (χ2n) is 9.60. The van der Waals surface area contributed by atoms with Crippen LogP contribution in [0, 0.1) is 29.1 Å². The third kappa shape index (κ3) is 3.16. The van der Waals surface area contributed by atoms with E-state index in [1.807, 2.05) is 24.3 Å². The molecule has 0 aromatic heterocycles. The monoisotopic (exact) mass is 448 g/mol. The highest BCUT2D eigenvalue weighted by atomic mass is 19.1. The minimum atomic E-state index is -0.535.